The van der Waals surface area contributed by atoms with Crippen LogP contribution < -0.4 is 4.90 Å². The third-order valence-corrected chi connectivity index (χ3v) is 7.00. The Morgan fingerprint density at radius 2 is 1.97 bits per heavy atom. The summed E-state index contributed by atoms with van der Waals surface area (Å²) in [4.78, 5) is 19.7. The Balaban J connectivity index is 1.27. The molecule has 2 aromatic heterocycles. The summed E-state index contributed by atoms with van der Waals surface area (Å²) in [6, 6.07) is 11.7. The Morgan fingerprint density at radius 3 is 2.70 bits per heavy atom. The summed E-state index contributed by atoms with van der Waals surface area (Å²) < 4.78 is 7.29. The molecule has 5 rings (SSSR count). The molecule has 1 N–H and O–H groups in total. The highest BCUT2D eigenvalue weighted by atomic mass is 16.3. The minimum atomic E-state index is -0.0618. The van der Waals surface area contributed by atoms with Gasteiger partial charge in [0.1, 0.15) is 11.5 Å². The molecule has 3 aromatic rings. The fourth-order valence-electron chi connectivity index (χ4n) is 5.20. The fraction of sp³-hybridized carbons (Fsp3) is 0.440. The standard InChI is InChI=1S/C25H31N5O3/c1-27(17-19-6-5-15-33-19)25(32)24-20-16-18(9-10-21(20)28(2)26-24)29-11-13-30(14-12-29)22-7-3-4-8-23(22)31/h3-8,15,18,31H,9-14,16-17H2,1-2H3. The van der Waals surface area contributed by atoms with Gasteiger partial charge in [-0.2, -0.15) is 5.10 Å². The molecule has 8 nitrogen and oxygen atoms in total. The van der Waals surface area contributed by atoms with Gasteiger partial charge in [0, 0.05) is 57.6 Å². The fourth-order valence-corrected chi connectivity index (χ4v) is 5.20. The monoisotopic (exact) mass is 449 g/mol. The number of para-hydroxylation sites is 2. The molecule has 0 saturated carbocycles. The smallest absolute Gasteiger partial charge is 0.274 e. The van der Waals surface area contributed by atoms with E-state index in [1.165, 1.54) is 5.69 Å². The average molecular weight is 450 g/mol. The van der Waals surface area contributed by atoms with Gasteiger partial charge in [-0.1, -0.05) is 12.1 Å². The van der Waals surface area contributed by atoms with Crippen LogP contribution in [0.5, 0.6) is 5.75 Å². The zero-order valence-electron chi connectivity index (χ0n) is 19.3. The van der Waals surface area contributed by atoms with Crippen molar-refractivity contribution < 1.29 is 14.3 Å². The number of hydrogen-bond donors (Lipinski definition) is 1. The maximum absolute atomic E-state index is 13.2. The lowest BCUT2D eigenvalue weighted by molar-refractivity contribution is 0.0766. The lowest BCUT2D eigenvalue weighted by atomic mass is 9.89. The van der Waals surface area contributed by atoms with Crippen molar-refractivity contribution in [2.75, 3.05) is 38.1 Å². The first-order valence-corrected chi connectivity index (χ1v) is 11.6. The first kappa shape index (κ1) is 21.6. The van der Waals surface area contributed by atoms with Crippen molar-refractivity contribution in [2.45, 2.75) is 31.8 Å². The Labute approximate surface area is 194 Å². The number of aryl methyl sites for hydroxylation is 1. The van der Waals surface area contributed by atoms with Crippen molar-refractivity contribution in [3.8, 4) is 5.75 Å². The van der Waals surface area contributed by atoms with Crippen LogP contribution in [0.3, 0.4) is 0 Å². The molecule has 1 aliphatic carbocycles. The topological polar surface area (TPSA) is 78.0 Å². The minimum Gasteiger partial charge on any atom is -0.506 e. The molecule has 1 atom stereocenters. The number of phenolic OH excluding ortho intramolecular Hbond substituents is 1. The number of furan rings is 1. The summed E-state index contributed by atoms with van der Waals surface area (Å²) in [6.45, 7) is 4.07. The van der Waals surface area contributed by atoms with Gasteiger partial charge in [-0.3, -0.25) is 14.4 Å². The van der Waals surface area contributed by atoms with Gasteiger partial charge in [-0.15, -0.1) is 0 Å². The molecule has 8 heteroatoms. The number of amides is 1. The second kappa shape index (κ2) is 8.94. The molecule has 1 saturated heterocycles. The van der Waals surface area contributed by atoms with Gasteiger partial charge in [0.15, 0.2) is 5.69 Å². The highest BCUT2D eigenvalue weighted by Gasteiger charge is 2.33. The molecule has 0 spiro atoms. The van der Waals surface area contributed by atoms with Crippen molar-refractivity contribution in [3.63, 3.8) is 0 Å². The molecule has 174 valence electrons. The predicted molar refractivity (Wildman–Crippen MR) is 125 cm³/mol. The van der Waals surface area contributed by atoms with Crippen LogP contribution in [0, 0.1) is 0 Å². The number of nitrogens with zero attached hydrogens (tertiary/aromatic N) is 5. The number of anilines is 1. The Bertz CT molecular complexity index is 1120. The molecular formula is C25H31N5O3. The third-order valence-electron chi connectivity index (χ3n) is 7.00. The van der Waals surface area contributed by atoms with Gasteiger partial charge >= 0.3 is 0 Å². The van der Waals surface area contributed by atoms with Crippen LogP contribution in [0.1, 0.15) is 33.9 Å². The summed E-state index contributed by atoms with van der Waals surface area (Å²) in [5.74, 6) is 1.04. The van der Waals surface area contributed by atoms with E-state index in [9.17, 15) is 9.90 Å². The molecular weight excluding hydrogens is 418 g/mol. The van der Waals surface area contributed by atoms with Gasteiger partial charge < -0.3 is 19.3 Å². The maximum atomic E-state index is 13.2. The molecule has 0 radical (unpaired) electrons. The number of benzene rings is 1. The van der Waals surface area contributed by atoms with Crippen molar-refractivity contribution in [3.05, 3.63) is 65.4 Å². The van der Waals surface area contributed by atoms with E-state index in [2.05, 4.69) is 14.9 Å². The summed E-state index contributed by atoms with van der Waals surface area (Å²) in [7, 11) is 3.73. The molecule has 2 aliphatic rings. The van der Waals surface area contributed by atoms with E-state index in [4.69, 9.17) is 4.42 Å². The van der Waals surface area contributed by atoms with E-state index >= 15 is 0 Å². The number of aromatic nitrogens is 2. The first-order chi connectivity index (χ1) is 16.0. The molecule has 33 heavy (non-hydrogen) atoms. The molecule has 3 heterocycles. The van der Waals surface area contributed by atoms with Crippen LogP contribution in [0.4, 0.5) is 5.69 Å². The van der Waals surface area contributed by atoms with Crippen molar-refractivity contribution in [2.24, 2.45) is 7.05 Å². The van der Waals surface area contributed by atoms with Crippen LogP contribution in [0.15, 0.2) is 47.1 Å². The van der Waals surface area contributed by atoms with E-state index in [0.29, 0.717) is 24.0 Å². The summed E-state index contributed by atoms with van der Waals surface area (Å²) in [5.41, 5.74) is 3.74. The molecule has 1 unspecified atom stereocenters. The van der Waals surface area contributed by atoms with Crippen LogP contribution in [0.2, 0.25) is 0 Å². The van der Waals surface area contributed by atoms with E-state index in [0.717, 1.165) is 62.5 Å². The van der Waals surface area contributed by atoms with E-state index in [-0.39, 0.29) is 5.91 Å². The van der Waals surface area contributed by atoms with Crippen molar-refractivity contribution in [1.29, 1.82) is 0 Å². The number of hydrogen-bond acceptors (Lipinski definition) is 6. The summed E-state index contributed by atoms with van der Waals surface area (Å²) in [5, 5.41) is 14.8. The molecule has 1 aromatic carbocycles. The second-order valence-electron chi connectivity index (χ2n) is 9.05. The van der Waals surface area contributed by atoms with Gasteiger partial charge in [-0.25, -0.2) is 0 Å². The van der Waals surface area contributed by atoms with Crippen LogP contribution in [-0.4, -0.2) is 69.9 Å². The number of fused-ring (bicyclic) bond motifs is 1. The van der Waals surface area contributed by atoms with Crippen LogP contribution >= 0.6 is 0 Å². The zero-order valence-corrected chi connectivity index (χ0v) is 19.3. The van der Waals surface area contributed by atoms with Crippen LogP contribution in [0.25, 0.3) is 0 Å². The van der Waals surface area contributed by atoms with E-state index in [1.54, 1.807) is 24.3 Å². The Morgan fingerprint density at radius 1 is 1.18 bits per heavy atom. The number of carbonyl (C=O) groups is 1. The zero-order chi connectivity index (χ0) is 22.9. The Kier molecular flexibility index (Phi) is 5.85. The number of rotatable bonds is 5. The Hall–Kier alpha value is -3.26. The van der Waals surface area contributed by atoms with E-state index in [1.807, 2.05) is 42.1 Å². The number of aromatic hydroxyl groups is 1. The normalized spacial score (nSPS) is 18.8. The number of piperazine rings is 1. The molecule has 0 bridgehead atoms. The summed E-state index contributed by atoms with van der Waals surface area (Å²) >= 11 is 0. The second-order valence-corrected chi connectivity index (χ2v) is 9.05. The lowest BCUT2D eigenvalue weighted by Gasteiger charge is -2.41. The van der Waals surface area contributed by atoms with E-state index < -0.39 is 0 Å². The highest BCUT2D eigenvalue weighted by Crippen LogP contribution is 2.31. The van der Waals surface area contributed by atoms with Gasteiger partial charge in [0.25, 0.3) is 5.91 Å². The lowest BCUT2D eigenvalue weighted by Crippen LogP contribution is -2.52. The van der Waals surface area contributed by atoms with Crippen molar-refractivity contribution in [1.82, 2.24) is 19.6 Å². The number of phenols is 1. The van der Waals surface area contributed by atoms with Crippen LogP contribution in [-0.2, 0) is 26.4 Å². The van der Waals surface area contributed by atoms with Gasteiger partial charge in [-0.05, 0) is 43.5 Å². The summed E-state index contributed by atoms with van der Waals surface area (Å²) in [6.07, 6.45) is 4.46. The van der Waals surface area contributed by atoms with Crippen molar-refractivity contribution >= 4 is 11.6 Å². The maximum Gasteiger partial charge on any atom is 0.274 e. The van der Waals surface area contributed by atoms with Gasteiger partial charge in [0.2, 0.25) is 0 Å². The predicted octanol–water partition coefficient (Wildman–Crippen LogP) is 2.67. The van der Waals surface area contributed by atoms with Gasteiger partial charge in [0.05, 0.1) is 18.5 Å². The molecule has 1 fully saturated rings. The molecule has 1 aliphatic heterocycles. The third kappa shape index (κ3) is 4.23. The quantitative estimate of drug-likeness (QED) is 0.645. The largest absolute Gasteiger partial charge is 0.506 e. The minimum absolute atomic E-state index is 0.0618. The average Bonchev–Trinajstić information content (AvgIpc) is 3.46. The highest BCUT2D eigenvalue weighted by molar-refractivity contribution is 5.94. The first-order valence-electron chi connectivity index (χ1n) is 11.6. The number of carbonyl (C=O) groups excluding carboxylic acids is 1. The SMILES string of the molecule is CN(Cc1ccco1)C(=O)c1nn(C)c2c1CC(N1CCN(c3ccccc3O)CC1)CC2. The molecule has 1 amide bonds.